The first-order valence-corrected chi connectivity index (χ1v) is 9.43. The van der Waals surface area contributed by atoms with Crippen molar-refractivity contribution in [2.24, 2.45) is 5.92 Å². The normalized spacial score (nSPS) is 13.2. The van der Waals surface area contributed by atoms with E-state index >= 15 is 0 Å². The summed E-state index contributed by atoms with van der Waals surface area (Å²) >= 11 is 0. The SMILES string of the molecule is CC(C)COC(=O)Nc1cccc(NC(=O)c2cccc(N3CCNC3=O)c2)c1. The monoisotopic (exact) mass is 396 g/mol. The lowest BCUT2D eigenvalue weighted by Crippen LogP contribution is -2.27. The first-order valence-electron chi connectivity index (χ1n) is 9.43. The van der Waals surface area contributed by atoms with E-state index in [0.717, 1.165) is 0 Å². The Morgan fingerprint density at radius 1 is 1.10 bits per heavy atom. The average molecular weight is 396 g/mol. The van der Waals surface area contributed by atoms with Gasteiger partial charge in [-0.15, -0.1) is 0 Å². The largest absolute Gasteiger partial charge is 0.449 e. The van der Waals surface area contributed by atoms with Crippen molar-refractivity contribution >= 4 is 35.1 Å². The number of urea groups is 1. The number of carbonyl (C=O) groups is 3. The van der Waals surface area contributed by atoms with Crippen molar-refractivity contribution in [1.82, 2.24) is 5.32 Å². The van der Waals surface area contributed by atoms with E-state index in [1.807, 2.05) is 13.8 Å². The number of nitrogens with zero attached hydrogens (tertiary/aromatic N) is 1. The minimum atomic E-state index is -0.543. The van der Waals surface area contributed by atoms with Gasteiger partial charge in [-0.3, -0.25) is 15.0 Å². The van der Waals surface area contributed by atoms with E-state index in [1.165, 1.54) is 0 Å². The molecule has 0 aliphatic carbocycles. The molecular weight excluding hydrogens is 372 g/mol. The molecule has 2 aromatic rings. The molecule has 8 nitrogen and oxygen atoms in total. The summed E-state index contributed by atoms with van der Waals surface area (Å²) in [6, 6.07) is 13.5. The molecule has 1 fully saturated rings. The third-order valence-electron chi connectivity index (χ3n) is 4.19. The zero-order chi connectivity index (χ0) is 20.8. The highest BCUT2D eigenvalue weighted by Gasteiger charge is 2.21. The van der Waals surface area contributed by atoms with Gasteiger partial charge in [-0.2, -0.15) is 0 Å². The maximum atomic E-state index is 12.6. The minimum Gasteiger partial charge on any atom is -0.449 e. The second-order valence-corrected chi connectivity index (χ2v) is 7.09. The number of rotatable bonds is 6. The highest BCUT2D eigenvalue weighted by molar-refractivity contribution is 6.06. The van der Waals surface area contributed by atoms with Gasteiger partial charge in [0, 0.05) is 35.7 Å². The van der Waals surface area contributed by atoms with Crippen molar-refractivity contribution in [2.75, 3.05) is 35.2 Å². The smallest absolute Gasteiger partial charge is 0.411 e. The second kappa shape index (κ2) is 9.09. The van der Waals surface area contributed by atoms with Crippen LogP contribution in [0.3, 0.4) is 0 Å². The van der Waals surface area contributed by atoms with Gasteiger partial charge in [0.2, 0.25) is 0 Å². The van der Waals surface area contributed by atoms with Crippen LogP contribution in [-0.2, 0) is 4.74 Å². The molecule has 0 spiro atoms. The Morgan fingerprint density at radius 2 is 1.83 bits per heavy atom. The number of benzene rings is 2. The Kier molecular flexibility index (Phi) is 6.33. The Bertz CT molecular complexity index is 913. The van der Waals surface area contributed by atoms with Gasteiger partial charge in [-0.25, -0.2) is 9.59 Å². The fraction of sp³-hybridized carbons (Fsp3) is 0.286. The Balaban J connectivity index is 1.65. The van der Waals surface area contributed by atoms with Crippen LogP contribution in [0.4, 0.5) is 26.7 Å². The summed E-state index contributed by atoms with van der Waals surface area (Å²) in [5.74, 6) is -0.0697. The van der Waals surface area contributed by atoms with Crippen LogP contribution in [0.15, 0.2) is 48.5 Å². The van der Waals surface area contributed by atoms with E-state index in [-0.39, 0.29) is 17.9 Å². The number of nitrogens with one attached hydrogen (secondary N) is 3. The van der Waals surface area contributed by atoms with Gasteiger partial charge in [-0.05, 0) is 42.3 Å². The molecule has 29 heavy (non-hydrogen) atoms. The fourth-order valence-corrected chi connectivity index (χ4v) is 2.81. The number of anilines is 3. The maximum absolute atomic E-state index is 12.6. The summed E-state index contributed by atoms with van der Waals surface area (Å²) in [5, 5.41) is 8.17. The van der Waals surface area contributed by atoms with Crippen LogP contribution in [0.1, 0.15) is 24.2 Å². The topological polar surface area (TPSA) is 99.8 Å². The van der Waals surface area contributed by atoms with Gasteiger partial charge >= 0.3 is 12.1 Å². The second-order valence-electron chi connectivity index (χ2n) is 7.09. The fourth-order valence-electron chi connectivity index (χ4n) is 2.81. The van der Waals surface area contributed by atoms with Crippen LogP contribution in [0.25, 0.3) is 0 Å². The molecule has 0 atom stereocenters. The number of ether oxygens (including phenoxy) is 1. The quantitative estimate of drug-likeness (QED) is 0.694. The van der Waals surface area contributed by atoms with Crippen LogP contribution in [-0.4, -0.2) is 37.7 Å². The van der Waals surface area contributed by atoms with Gasteiger partial charge in [0.05, 0.1) is 6.61 Å². The Morgan fingerprint density at radius 3 is 2.52 bits per heavy atom. The van der Waals surface area contributed by atoms with Gasteiger partial charge in [0.15, 0.2) is 0 Å². The summed E-state index contributed by atoms with van der Waals surface area (Å²) in [7, 11) is 0. The summed E-state index contributed by atoms with van der Waals surface area (Å²) in [4.78, 5) is 37.8. The molecule has 1 aliphatic rings. The lowest BCUT2D eigenvalue weighted by molar-refractivity contribution is 0.102. The molecule has 0 aromatic heterocycles. The van der Waals surface area contributed by atoms with Crippen LogP contribution in [0.5, 0.6) is 0 Å². The van der Waals surface area contributed by atoms with Gasteiger partial charge in [0.1, 0.15) is 0 Å². The van der Waals surface area contributed by atoms with E-state index in [0.29, 0.717) is 42.3 Å². The highest BCUT2D eigenvalue weighted by Crippen LogP contribution is 2.20. The van der Waals surface area contributed by atoms with Crippen LogP contribution in [0, 0.1) is 5.92 Å². The summed E-state index contributed by atoms with van der Waals surface area (Å²) in [6.45, 7) is 5.37. The van der Waals surface area contributed by atoms with E-state index in [4.69, 9.17) is 4.74 Å². The van der Waals surface area contributed by atoms with Gasteiger partial charge in [-0.1, -0.05) is 26.0 Å². The first kappa shape index (κ1) is 20.2. The lowest BCUT2D eigenvalue weighted by atomic mass is 10.1. The number of carbonyl (C=O) groups excluding carboxylic acids is 3. The predicted octanol–water partition coefficient (Wildman–Crippen LogP) is 3.67. The first-order chi connectivity index (χ1) is 13.9. The van der Waals surface area contributed by atoms with E-state index < -0.39 is 6.09 Å². The molecule has 0 radical (unpaired) electrons. The predicted molar refractivity (Wildman–Crippen MR) is 111 cm³/mol. The molecule has 3 N–H and O–H groups in total. The summed E-state index contributed by atoms with van der Waals surface area (Å²) in [5.41, 5.74) is 2.13. The van der Waals surface area contributed by atoms with Crippen molar-refractivity contribution in [3.8, 4) is 0 Å². The molecule has 4 amide bonds. The average Bonchev–Trinajstić information content (AvgIpc) is 3.13. The standard InChI is InChI=1S/C21H24N4O4/c1-14(2)13-29-21(28)24-17-7-4-6-16(12-17)23-19(26)15-5-3-8-18(11-15)25-10-9-22-20(25)27/h3-8,11-12,14H,9-10,13H2,1-2H3,(H,22,27)(H,23,26)(H,24,28). The Hall–Kier alpha value is -3.55. The molecule has 0 unspecified atom stereocenters. The summed E-state index contributed by atoms with van der Waals surface area (Å²) < 4.78 is 5.09. The van der Waals surface area contributed by atoms with E-state index in [2.05, 4.69) is 16.0 Å². The molecule has 0 bridgehead atoms. The van der Waals surface area contributed by atoms with Crippen molar-refractivity contribution in [3.05, 3.63) is 54.1 Å². The molecule has 1 saturated heterocycles. The lowest BCUT2D eigenvalue weighted by Gasteiger charge is -2.15. The maximum Gasteiger partial charge on any atom is 0.411 e. The number of hydrogen-bond acceptors (Lipinski definition) is 4. The molecule has 2 aromatic carbocycles. The molecule has 1 heterocycles. The summed E-state index contributed by atoms with van der Waals surface area (Å²) in [6.07, 6.45) is -0.543. The number of hydrogen-bond donors (Lipinski definition) is 3. The zero-order valence-electron chi connectivity index (χ0n) is 16.4. The number of amides is 4. The zero-order valence-corrected chi connectivity index (χ0v) is 16.4. The molecule has 8 heteroatoms. The van der Waals surface area contributed by atoms with Crippen molar-refractivity contribution in [2.45, 2.75) is 13.8 Å². The Labute approximate surface area is 169 Å². The molecule has 1 aliphatic heterocycles. The molecule has 152 valence electrons. The highest BCUT2D eigenvalue weighted by atomic mass is 16.5. The van der Waals surface area contributed by atoms with Crippen molar-refractivity contribution in [1.29, 1.82) is 0 Å². The van der Waals surface area contributed by atoms with Crippen LogP contribution in [0.2, 0.25) is 0 Å². The molecule has 0 saturated carbocycles. The van der Waals surface area contributed by atoms with Crippen LogP contribution >= 0.6 is 0 Å². The minimum absolute atomic E-state index is 0.175. The van der Waals surface area contributed by atoms with E-state index in [9.17, 15) is 14.4 Å². The van der Waals surface area contributed by atoms with Gasteiger partial charge in [0.25, 0.3) is 5.91 Å². The molecule has 3 rings (SSSR count). The third-order valence-corrected chi connectivity index (χ3v) is 4.19. The molecular formula is C21H24N4O4. The van der Waals surface area contributed by atoms with E-state index in [1.54, 1.807) is 53.4 Å². The van der Waals surface area contributed by atoms with Gasteiger partial charge < -0.3 is 15.4 Å². The third kappa shape index (κ3) is 5.47. The van der Waals surface area contributed by atoms with Crippen LogP contribution < -0.4 is 20.9 Å². The van der Waals surface area contributed by atoms with Crippen molar-refractivity contribution in [3.63, 3.8) is 0 Å². The van der Waals surface area contributed by atoms with Crippen molar-refractivity contribution < 1.29 is 19.1 Å².